The number of carbonyl (C=O) groups excluding carboxylic acids is 2. The van der Waals surface area contributed by atoms with Gasteiger partial charge in [-0.2, -0.15) is 0 Å². The minimum atomic E-state index is -2.05. The first-order chi connectivity index (χ1) is 9.05. The third kappa shape index (κ3) is 5.57. The molecule has 0 saturated heterocycles. The first-order valence-corrected chi connectivity index (χ1v) is 6.54. The predicted molar refractivity (Wildman–Crippen MR) is 66.9 cm³/mol. The van der Waals surface area contributed by atoms with E-state index in [1.807, 2.05) is 6.92 Å². The number of hydrogen-bond acceptors (Lipinski definition) is 4. The van der Waals surface area contributed by atoms with Gasteiger partial charge < -0.3 is 19.8 Å². The molecule has 104 valence electrons. The summed E-state index contributed by atoms with van der Waals surface area (Å²) in [5.41, 5.74) is -1.83. The van der Waals surface area contributed by atoms with Gasteiger partial charge in [0.15, 0.2) is 0 Å². The van der Waals surface area contributed by atoms with Gasteiger partial charge in [-0.1, -0.05) is 62.9 Å². The average molecular weight is 276 g/mol. The molecule has 6 heteroatoms. The summed E-state index contributed by atoms with van der Waals surface area (Å²) in [6, 6.07) is 7.91. The van der Waals surface area contributed by atoms with Crippen molar-refractivity contribution in [3.63, 3.8) is 0 Å². The van der Waals surface area contributed by atoms with Crippen LogP contribution in [0.5, 0.6) is 0 Å². The van der Waals surface area contributed by atoms with Crippen LogP contribution in [0.2, 0.25) is 0 Å². The van der Waals surface area contributed by atoms with E-state index in [1.165, 1.54) is 12.1 Å². The van der Waals surface area contributed by atoms with Gasteiger partial charge in [0.25, 0.3) is 0 Å². The smallest absolute Gasteiger partial charge is 0.549 e. The van der Waals surface area contributed by atoms with Gasteiger partial charge in [-0.25, -0.2) is 0 Å². The van der Waals surface area contributed by atoms with Crippen molar-refractivity contribution in [2.45, 2.75) is 44.4 Å². The van der Waals surface area contributed by atoms with E-state index < -0.39 is 17.4 Å². The zero-order chi connectivity index (χ0) is 14.3. The van der Waals surface area contributed by atoms with Crippen LogP contribution in [0, 0.1) is 0 Å². The molecule has 0 unspecified atom stereocenters. The van der Waals surface area contributed by atoms with Crippen molar-refractivity contribution in [2.75, 3.05) is 0 Å². The minimum absolute atomic E-state index is 0. The van der Waals surface area contributed by atoms with Crippen molar-refractivity contribution in [2.24, 2.45) is 0 Å². The number of hydrogen-bond donors (Lipinski definition) is 0. The number of benzene rings is 1. The summed E-state index contributed by atoms with van der Waals surface area (Å²) in [7, 11) is 0. The molecule has 0 atom stereocenters. The molecule has 0 spiro atoms. The molecule has 0 aliphatic heterocycles. The second kappa shape index (κ2) is 11.0. The predicted octanol–water partition coefficient (Wildman–Crippen LogP) is -5.60. The molecular formula is C15H18Li2O4. The molecule has 0 aromatic heterocycles. The molecule has 4 nitrogen and oxygen atoms in total. The second-order valence-corrected chi connectivity index (χ2v) is 4.66. The number of rotatable bonds is 8. The molecule has 1 aromatic carbocycles. The Morgan fingerprint density at radius 3 is 1.90 bits per heavy atom. The van der Waals surface area contributed by atoms with Gasteiger partial charge in [0.1, 0.15) is 0 Å². The van der Waals surface area contributed by atoms with Crippen LogP contribution >= 0.6 is 0 Å². The van der Waals surface area contributed by atoms with Crippen molar-refractivity contribution < 1.29 is 57.5 Å². The SMILES string of the molecule is CCCCCCC(C(=O)[O-])(C(=O)[O-])c1ccccc1.[Li+].[Li+]. The van der Waals surface area contributed by atoms with Crippen LogP contribution in [0.3, 0.4) is 0 Å². The fourth-order valence-electron chi connectivity index (χ4n) is 2.21. The molecule has 0 radical (unpaired) electrons. The normalized spacial score (nSPS) is 10.1. The molecule has 0 bridgehead atoms. The van der Waals surface area contributed by atoms with E-state index in [1.54, 1.807) is 18.2 Å². The Kier molecular flexibility index (Phi) is 11.8. The van der Waals surface area contributed by atoms with E-state index in [9.17, 15) is 19.8 Å². The summed E-state index contributed by atoms with van der Waals surface area (Å²) in [4.78, 5) is 22.8. The number of carboxylic acids is 2. The molecule has 1 aromatic rings. The van der Waals surface area contributed by atoms with Gasteiger partial charge in [0.05, 0.1) is 17.4 Å². The van der Waals surface area contributed by atoms with Gasteiger partial charge in [-0.15, -0.1) is 0 Å². The topological polar surface area (TPSA) is 80.3 Å². The molecule has 0 amide bonds. The number of carbonyl (C=O) groups is 2. The van der Waals surface area contributed by atoms with E-state index in [4.69, 9.17) is 0 Å². The molecule has 0 aliphatic rings. The largest absolute Gasteiger partial charge is 1.00 e. The van der Waals surface area contributed by atoms with Gasteiger partial charge in [0, 0.05) is 0 Å². The van der Waals surface area contributed by atoms with Crippen molar-refractivity contribution in [3.05, 3.63) is 35.9 Å². The Morgan fingerprint density at radius 1 is 0.952 bits per heavy atom. The molecule has 0 aliphatic carbocycles. The summed E-state index contributed by atoms with van der Waals surface area (Å²) in [5.74, 6) is -3.20. The molecular weight excluding hydrogens is 258 g/mol. The Labute approximate surface area is 149 Å². The van der Waals surface area contributed by atoms with Crippen molar-refractivity contribution >= 4 is 11.9 Å². The zero-order valence-electron chi connectivity index (χ0n) is 13.1. The number of aliphatic carboxylic acids is 2. The van der Waals surface area contributed by atoms with Crippen LogP contribution in [0.1, 0.15) is 44.6 Å². The fourth-order valence-corrected chi connectivity index (χ4v) is 2.21. The van der Waals surface area contributed by atoms with Crippen LogP contribution in [-0.4, -0.2) is 11.9 Å². The summed E-state index contributed by atoms with van der Waals surface area (Å²) in [5, 5.41) is 22.8. The maximum absolute atomic E-state index is 11.4. The molecule has 0 fully saturated rings. The van der Waals surface area contributed by atoms with Crippen LogP contribution in [0.15, 0.2) is 30.3 Å². The quantitative estimate of drug-likeness (QED) is 0.269. The van der Waals surface area contributed by atoms with Crippen LogP contribution < -0.4 is 47.9 Å². The van der Waals surface area contributed by atoms with Crippen LogP contribution in [0.25, 0.3) is 0 Å². The van der Waals surface area contributed by atoms with E-state index in [0.717, 1.165) is 19.3 Å². The van der Waals surface area contributed by atoms with Crippen LogP contribution in [-0.2, 0) is 15.0 Å². The molecule has 0 saturated carbocycles. The Bertz CT molecular complexity index is 421. The molecule has 0 heterocycles. The average Bonchev–Trinajstić information content (AvgIpc) is 2.39. The first kappa shape index (κ1) is 22.6. The fraction of sp³-hybridized carbons (Fsp3) is 0.467. The summed E-state index contributed by atoms with van der Waals surface area (Å²) < 4.78 is 0. The molecule has 0 N–H and O–H groups in total. The van der Waals surface area contributed by atoms with Crippen LogP contribution in [0.4, 0.5) is 0 Å². The third-order valence-electron chi connectivity index (χ3n) is 3.37. The maximum Gasteiger partial charge on any atom is 1.00 e. The van der Waals surface area contributed by atoms with E-state index in [0.29, 0.717) is 6.42 Å². The summed E-state index contributed by atoms with van der Waals surface area (Å²) in [6.45, 7) is 2.03. The zero-order valence-corrected chi connectivity index (χ0v) is 13.1. The van der Waals surface area contributed by atoms with Gasteiger partial charge in [0.2, 0.25) is 0 Å². The Morgan fingerprint density at radius 2 is 1.48 bits per heavy atom. The van der Waals surface area contributed by atoms with Gasteiger partial charge in [-0.05, 0) is 12.0 Å². The number of carboxylic acid groups (broad SMARTS) is 2. The van der Waals surface area contributed by atoms with E-state index in [-0.39, 0.29) is 49.7 Å². The second-order valence-electron chi connectivity index (χ2n) is 4.66. The van der Waals surface area contributed by atoms with Crippen molar-refractivity contribution in [1.29, 1.82) is 0 Å². The summed E-state index contributed by atoms with van der Waals surface area (Å²) >= 11 is 0. The molecule has 1 rings (SSSR count). The number of unbranched alkanes of at least 4 members (excludes halogenated alkanes) is 3. The maximum atomic E-state index is 11.4. The van der Waals surface area contributed by atoms with Crippen molar-refractivity contribution in [3.8, 4) is 0 Å². The minimum Gasteiger partial charge on any atom is -0.549 e. The van der Waals surface area contributed by atoms with E-state index >= 15 is 0 Å². The van der Waals surface area contributed by atoms with Gasteiger partial charge >= 0.3 is 37.7 Å². The Hall–Kier alpha value is -0.645. The van der Waals surface area contributed by atoms with Gasteiger partial charge in [-0.3, -0.25) is 0 Å². The van der Waals surface area contributed by atoms with E-state index in [2.05, 4.69) is 0 Å². The first-order valence-electron chi connectivity index (χ1n) is 6.54. The monoisotopic (exact) mass is 276 g/mol. The van der Waals surface area contributed by atoms with Crippen molar-refractivity contribution in [1.82, 2.24) is 0 Å². The third-order valence-corrected chi connectivity index (χ3v) is 3.37. The standard InChI is InChI=1S/C15H20O4.2Li/c1-2-3-4-8-11-15(13(16)17,14(18)19)12-9-6-5-7-10-12;;/h5-7,9-10H,2-4,8,11H2,1H3,(H,16,17)(H,18,19);;/q;2*+1/p-2. The molecule has 21 heavy (non-hydrogen) atoms. The Balaban J connectivity index is 0. The summed E-state index contributed by atoms with van der Waals surface area (Å²) in [6.07, 6.45) is 3.26.